The molecule has 0 radical (unpaired) electrons. The number of aromatic nitrogens is 1. The SMILES string of the molecule is CSCCC(NC(=O)OC(C)(C)C)C(=O)Nc1ccc(-c2nc(-c3ccccc3)sc2C)cc1. The van der Waals surface area contributed by atoms with Crippen molar-refractivity contribution < 1.29 is 14.3 Å². The van der Waals surface area contributed by atoms with Crippen LogP contribution in [0.4, 0.5) is 10.5 Å². The molecule has 3 aromatic rings. The van der Waals surface area contributed by atoms with Crippen molar-refractivity contribution in [3.63, 3.8) is 0 Å². The van der Waals surface area contributed by atoms with E-state index in [1.54, 1.807) is 43.9 Å². The average molecular weight is 498 g/mol. The van der Waals surface area contributed by atoms with Crippen molar-refractivity contribution in [2.24, 2.45) is 0 Å². The van der Waals surface area contributed by atoms with Gasteiger partial charge in [-0.3, -0.25) is 4.79 Å². The van der Waals surface area contributed by atoms with Crippen molar-refractivity contribution in [1.29, 1.82) is 0 Å². The second kappa shape index (κ2) is 11.5. The molecule has 2 aromatic carbocycles. The molecule has 0 bridgehead atoms. The third-order valence-corrected chi connectivity index (χ3v) is 6.53. The molecule has 3 rings (SSSR count). The number of nitrogens with one attached hydrogen (secondary N) is 2. The molecule has 6 nitrogen and oxygen atoms in total. The summed E-state index contributed by atoms with van der Waals surface area (Å²) in [4.78, 5) is 31.1. The Morgan fingerprint density at radius 2 is 1.74 bits per heavy atom. The van der Waals surface area contributed by atoms with E-state index in [1.165, 1.54) is 0 Å². The van der Waals surface area contributed by atoms with E-state index >= 15 is 0 Å². The van der Waals surface area contributed by atoms with Crippen LogP contribution < -0.4 is 10.6 Å². The predicted octanol–water partition coefficient (Wildman–Crippen LogP) is 6.37. The minimum absolute atomic E-state index is 0.274. The summed E-state index contributed by atoms with van der Waals surface area (Å²) in [6, 6.07) is 17.0. The van der Waals surface area contributed by atoms with Gasteiger partial charge in [-0.1, -0.05) is 42.5 Å². The highest BCUT2D eigenvalue weighted by Crippen LogP contribution is 2.33. The average Bonchev–Trinajstić information content (AvgIpc) is 3.18. The number of anilines is 1. The molecule has 0 saturated carbocycles. The van der Waals surface area contributed by atoms with Gasteiger partial charge in [0.2, 0.25) is 5.91 Å². The Bertz CT molecular complexity index is 1110. The summed E-state index contributed by atoms with van der Waals surface area (Å²) >= 11 is 3.28. The van der Waals surface area contributed by atoms with Crippen LogP contribution in [0.2, 0.25) is 0 Å². The van der Waals surface area contributed by atoms with E-state index in [4.69, 9.17) is 9.72 Å². The highest BCUT2D eigenvalue weighted by atomic mass is 32.2. The van der Waals surface area contributed by atoms with E-state index in [-0.39, 0.29) is 5.91 Å². The largest absolute Gasteiger partial charge is 0.444 e. The van der Waals surface area contributed by atoms with Crippen LogP contribution in [0.5, 0.6) is 0 Å². The van der Waals surface area contributed by atoms with Gasteiger partial charge in [0.1, 0.15) is 16.7 Å². The maximum absolute atomic E-state index is 12.9. The van der Waals surface area contributed by atoms with E-state index in [0.29, 0.717) is 12.1 Å². The van der Waals surface area contributed by atoms with Crippen molar-refractivity contribution in [3.8, 4) is 21.8 Å². The molecule has 0 aliphatic heterocycles. The lowest BCUT2D eigenvalue weighted by atomic mass is 10.1. The standard InChI is InChI=1S/C26H31N3O3S2/c1-17-22(29-24(34-17)19-9-7-6-8-10-19)18-11-13-20(14-12-18)27-23(30)21(15-16-33-5)28-25(31)32-26(2,3)4/h6-14,21H,15-16H2,1-5H3,(H,27,30)(H,28,31). The molecule has 1 unspecified atom stereocenters. The fourth-order valence-electron chi connectivity index (χ4n) is 3.26. The quantitative estimate of drug-likeness (QED) is 0.378. The van der Waals surface area contributed by atoms with Crippen molar-refractivity contribution >= 4 is 40.8 Å². The van der Waals surface area contributed by atoms with Crippen molar-refractivity contribution in [1.82, 2.24) is 10.3 Å². The number of nitrogens with zero attached hydrogens (tertiary/aromatic N) is 1. The smallest absolute Gasteiger partial charge is 0.408 e. The van der Waals surface area contributed by atoms with Crippen LogP contribution in [0.3, 0.4) is 0 Å². The van der Waals surface area contributed by atoms with Gasteiger partial charge >= 0.3 is 6.09 Å². The maximum atomic E-state index is 12.9. The molecule has 0 aliphatic rings. The number of ether oxygens (including phenoxy) is 1. The number of aryl methyl sites for hydroxylation is 1. The van der Waals surface area contributed by atoms with Crippen LogP contribution in [-0.2, 0) is 9.53 Å². The summed E-state index contributed by atoms with van der Waals surface area (Å²) in [5, 5.41) is 6.59. The molecule has 0 saturated heterocycles. The normalized spacial score (nSPS) is 12.1. The molecule has 1 atom stereocenters. The highest BCUT2D eigenvalue weighted by molar-refractivity contribution is 7.98. The predicted molar refractivity (Wildman–Crippen MR) is 143 cm³/mol. The number of thioether (sulfide) groups is 1. The molecular formula is C26H31N3O3S2. The van der Waals surface area contributed by atoms with Gasteiger partial charge in [-0.2, -0.15) is 11.8 Å². The molecule has 0 fully saturated rings. The van der Waals surface area contributed by atoms with Gasteiger partial charge in [0.15, 0.2) is 0 Å². The van der Waals surface area contributed by atoms with Crippen molar-refractivity contribution in [2.45, 2.75) is 45.8 Å². The first kappa shape index (κ1) is 25.8. The fourth-order valence-corrected chi connectivity index (χ4v) is 4.68. The van der Waals surface area contributed by atoms with Crippen LogP contribution in [0, 0.1) is 6.92 Å². The highest BCUT2D eigenvalue weighted by Gasteiger charge is 2.24. The van der Waals surface area contributed by atoms with Crippen molar-refractivity contribution in [2.75, 3.05) is 17.3 Å². The molecule has 0 spiro atoms. The van der Waals surface area contributed by atoms with Crippen LogP contribution in [0.25, 0.3) is 21.8 Å². The zero-order valence-corrected chi connectivity index (χ0v) is 21.8. The molecule has 1 heterocycles. The number of benzene rings is 2. The number of hydrogen-bond donors (Lipinski definition) is 2. The fraction of sp³-hybridized carbons (Fsp3) is 0.346. The van der Waals surface area contributed by atoms with Gasteiger partial charge in [-0.15, -0.1) is 11.3 Å². The first-order chi connectivity index (χ1) is 16.2. The lowest BCUT2D eigenvalue weighted by molar-refractivity contribution is -0.118. The summed E-state index contributed by atoms with van der Waals surface area (Å²) in [7, 11) is 0. The summed E-state index contributed by atoms with van der Waals surface area (Å²) in [5.74, 6) is 0.462. The third kappa shape index (κ3) is 7.33. The summed E-state index contributed by atoms with van der Waals surface area (Å²) in [6.07, 6.45) is 1.87. The monoisotopic (exact) mass is 497 g/mol. The molecule has 180 valence electrons. The van der Waals surface area contributed by atoms with Gasteiger partial charge in [-0.05, 0) is 58.3 Å². The van der Waals surface area contributed by atoms with Crippen LogP contribution in [0.1, 0.15) is 32.1 Å². The molecular weight excluding hydrogens is 466 g/mol. The van der Waals surface area contributed by atoms with E-state index in [1.807, 2.05) is 48.7 Å². The Kier molecular flexibility index (Phi) is 8.74. The minimum atomic E-state index is -0.684. The van der Waals surface area contributed by atoms with Crippen LogP contribution >= 0.6 is 23.1 Å². The third-order valence-electron chi connectivity index (χ3n) is 4.86. The maximum Gasteiger partial charge on any atom is 0.408 e. The zero-order valence-electron chi connectivity index (χ0n) is 20.2. The molecule has 8 heteroatoms. The molecule has 1 aromatic heterocycles. The van der Waals surface area contributed by atoms with Crippen molar-refractivity contribution in [3.05, 3.63) is 59.5 Å². The van der Waals surface area contributed by atoms with E-state index < -0.39 is 17.7 Å². The number of carbonyl (C=O) groups is 2. The van der Waals surface area contributed by atoms with E-state index in [9.17, 15) is 9.59 Å². The Labute approximate surface area is 209 Å². The Morgan fingerprint density at radius 1 is 1.06 bits per heavy atom. The zero-order chi connectivity index (χ0) is 24.7. The summed E-state index contributed by atoms with van der Waals surface area (Å²) < 4.78 is 5.32. The van der Waals surface area contributed by atoms with E-state index in [0.717, 1.165) is 32.5 Å². The van der Waals surface area contributed by atoms with Gasteiger partial charge in [0.25, 0.3) is 0 Å². The minimum Gasteiger partial charge on any atom is -0.444 e. The Balaban J connectivity index is 1.69. The molecule has 2 amide bonds. The van der Waals surface area contributed by atoms with Gasteiger partial charge in [-0.25, -0.2) is 9.78 Å². The Hall–Kier alpha value is -2.84. The number of hydrogen-bond acceptors (Lipinski definition) is 6. The Morgan fingerprint density at radius 3 is 2.35 bits per heavy atom. The number of thiazole rings is 1. The first-order valence-corrected chi connectivity index (χ1v) is 13.3. The molecule has 2 N–H and O–H groups in total. The van der Waals surface area contributed by atoms with Crippen LogP contribution in [0.15, 0.2) is 54.6 Å². The summed E-state index contributed by atoms with van der Waals surface area (Å²) in [5.41, 5.74) is 3.05. The second-order valence-corrected chi connectivity index (χ2v) is 11.0. The summed E-state index contributed by atoms with van der Waals surface area (Å²) in [6.45, 7) is 7.43. The second-order valence-electron chi connectivity index (χ2n) is 8.84. The number of amides is 2. The van der Waals surface area contributed by atoms with Gasteiger partial charge in [0, 0.05) is 21.7 Å². The van der Waals surface area contributed by atoms with Gasteiger partial charge < -0.3 is 15.4 Å². The topological polar surface area (TPSA) is 80.3 Å². The lowest BCUT2D eigenvalue weighted by Gasteiger charge is -2.23. The van der Waals surface area contributed by atoms with E-state index in [2.05, 4.69) is 29.7 Å². The number of rotatable bonds is 8. The number of alkyl carbamates (subject to hydrolysis) is 1. The number of carbonyl (C=O) groups excluding carboxylic acids is 2. The molecule has 34 heavy (non-hydrogen) atoms. The first-order valence-electron chi connectivity index (χ1n) is 11.1. The lowest BCUT2D eigenvalue weighted by Crippen LogP contribution is -2.46. The van der Waals surface area contributed by atoms with Gasteiger partial charge in [0.05, 0.1) is 5.69 Å². The van der Waals surface area contributed by atoms with Crippen LogP contribution in [-0.4, -0.2) is 40.6 Å². The molecule has 0 aliphatic carbocycles.